The van der Waals surface area contributed by atoms with Crippen LogP contribution in [-0.2, 0) is 35.8 Å². The summed E-state index contributed by atoms with van der Waals surface area (Å²) in [4.78, 5) is 132. The fourth-order valence-corrected chi connectivity index (χ4v) is 10.7. The van der Waals surface area contributed by atoms with Gasteiger partial charge < -0.3 is 9.47 Å². The molecule has 0 atom stereocenters. The molecule has 18 nitrogen and oxygen atoms in total. The van der Waals surface area contributed by atoms with Crippen molar-refractivity contribution in [2.45, 2.75) is 46.5 Å². The minimum absolute atomic E-state index is 0. The molecule has 12 aromatic rings. The van der Waals surface area contributed by atoms with Crippen LogP contribution < -0.4 is 55.1 Å². The van der Waals surface area contributed by atoms with E-state index in [1.165, 1.54) is 42.4 Å². The van der Waals surface area contributed by atoms with Crippen molar-refractivity contribution in [2.75, 3.05) is 23.8 Å². The smallest absolute Gasteiger partial charge is 0.411 e. The third-order valence-electron chi connectivity index (χ3n) is 15.3. The molecule has 8 aromatic carbocycles. The van der Waals surface area contributed by atoms with Gasteiger partial charge in [-0.3, -0.25) is 53.6 Å². The van der Waals surface area contributed by atoms with Crippen LogP contribution in [0.2, 0.25) is 0 Å². The van der Waals surface area contributed by atoms with Gasteiger partial charge >= 0.3 is 12.2 Å². The first-order chi connectivity index (χ1) is 41.1. The molecule has 12 rings (SSSR count). The quantitative estimate of drug-likeness (QED) is 0.0864. The Bertz CT molecular complexity index is 4910. The van der Waals surface area contributed by atoms with Gasteiger partial charge in [-0.05, 0) is 157 Å². The van der Waals surface area contributed by atoms with E-state index in [1.807, 2.05) is 36.4 Å². The van der Waals surface area contributed by atoms with Gasteiger partial charge in [-0.1, -0.05) is 97.9 Å². The van der Waals surface area contributed by atoms with Gasteiger partial charge in [-0.25, -0.2) is 23.3 Å². The molecule has 18 heteroatoms. The van der Waals surface area contributed by atoms with Crippen molar-refractivity contribution < 1.29 is 19.1 Å². The molecule has 0 spiro atoms. The van der Waals surface area contributed by atoms with Gasteiger partial charge in [0.05, 0.1) is 73.4 Å². The Hall–Kier alpha value is -11.1. The fraction of sp³-hybridized carbons (Fsp3) is 0.147. The molecule has 86 heavy (non-hydrogen) atoms. The van der Waals surface area contributed by atoms with E-state index in [0.29, 0.717) is 48.4 Å². The zero-order valence-corrected chi connectivity index (χ0v) is 45.8. The monoisotopic (exact) mass is 1150 g/mol. The normalized spacial score (nSPS) is 11.4. The van der Waals surface area contributed by atoms with Crippen molar-refractivity contribution in [1.82, 2.24) is 18.3 Å². The summed E-state index contributed by atoms with van der Waals surface area (Å²) in [6.45, 7) is 2.34. The number of carbonyl (C=O) groups excluding carboxylic acids is 2. The number of fused-ring (bicyclic) bond motifs is 4. The molecule has 428 valence electrons. The molecule has 0 radical (unpaired) electrons. The lowest BCUT2D eigenvalue weighted by molar-refractivity contribution is 0.143. The lowest BCUT2D eigenvalue weighted by Crippen LogP contribution is -2.24. The Morgan fingerprint density at radius 3 is 0.849 bits per heavy atom. The van der Waals surface area contributed by atoms with Gasteiger partial charge in [0.25, 0.3) is 44.5 Å². The number of nitrogens with zero attached hydrogens (tertiary/aromatic N) is 4. The number of ether oxygens (including phenoxy) is 2. The van der Waals surface area contributed by atoms with E-state index in [2.05, 4.69) is 41.8 Å². The van der Waals surface area contributed by atoms with Crippen LogP contribution >= 0.6 is 0 Å². The number of nitrogens with one attached hydrogen (secondary N) is 2. The van der Waals surface area contributed by atoms with Gasteiger partial charge in [0.2, 0.25) is 0 Å². The van der Waals surface area contributed by atoms with Crippen LogP contribution in [0.25, 0.3) is 60.2 Å². The zero-order valence-electron chi connectivity index (χ0n) is 45.8. The molecule has 0 saturated carbocycles. The molecule has 2 amide bonds. The molecule has 0 aliphatic carbocycles. The van der Waals surface area contributed by atoms with E-state index in [9.17, 15) is 47.9 Å². The lowest BCUT2D eigenvalue weighted by atomic mass is 10.0. The third-order valence-corrected chi connectivity index (χ3v) is 15.3. The summed E-state index contributed by atoms with van der Waals surface area (Å²) in [5, 5.41) is 5.66. The predicted octanol–water partition coefficient (Wildman–Crippen LogP) is 8.94. The first-order valence-corrected chi connectivity index (χ1v) is 27.3. The summed E-state index contributed by atoms with van der Waals surface area (Å²) >= 11 is 0. The Kier molecular flexibility index (Phi) is 15.3. The summed E-state index contributed by atoms with van der Waals surface area (Å²) in [6, 6.07) is 48.8. The van der Waals surface area contributed by atoms with E-state index < -0.39 is 56.7 Å². The first kappa shape index (κ1) is 56.7. The standard InChI is InChI=1S/C67H50N6O12.CH4/c1-38-5-7-39(8-6-38)31-40-9-19-45(20-10-40)68-66(82)84-29-3-4-30-85-67(83)69-46-21-11-41(12-22-46)32-42-13-23-48(24-14-42)72-62(78)54-36-56-57(37-55(54)63(72)79)65(81)73(64(56)80)49-27-17-44(18-28-49)33-43-15-25-47(26-16-43)71-60(76)52-34-50-51(35-53(52)61(71)77)59(75)70(2)58(50)74;/h5-28,34-37H,3-4,29-33H2,1-2H3,(H,68,82)(H,69,83);1H4. The van der Waals surface area contributed by atoms with Crippen LogP contribution in [0.3, 0.4) is 0 Å². The second-order valence-corrected chi connectivity index (χ2v) is 21.0. The number of anilines is 2. The molecule has 0 fully saturated rings. The summed E-state index contributed by atoms with van der Waals surface area (Å²) in [6.07, 6.45) is 1.50. The molecule has 2 N–H and O–H groups in total. The van der Waals surface area contributed by atoms with Crippen LogP contribution in [0.4, 0.5) is 21.0 Å². The Morgan fingerprint density at radius 1 is 0.349 bits per heavy atom. The van der Waals surface area contributed by atoms with Crippen LogP contribution in [0.1, 0.15) is 59.2 Å². The summed E-state index contributed by atoms with van der Waals surface area (Å²) < 4.78 is 14.6. The second-order valence-electron chi connectivity index (χ2n) is 21.0. The number of amides is 2. The number of rotatable bonds is 16. The van der Waals surface area contributed by atoms with Crippen LogP contribution in [0.5, 0.6) is 0 Å². The van der Waals surface area contributed by atoms with E-state index in [1.54, 1.807) is 84.9 Å². The topological polar surface area (TPSA) is 233 Å². The molecule has 0 unspecified atom stereocenters. The third kappa shape index (κ3) is 10.9. The second kappa shape index (κ2) is 23.3. The van der Waals surface area contributed by atoms with Crippen LogP contribution in [0, 0.1) is 6.92 Å². The highest BCUT2D eigenvalue weighted by atomic mass is 16.6. The number of hydrogen-bond donors (Lipinski definition) is 2. The summed E-state index contributed by atoms with van der Waals surface area (Å²) in [7, 11) is 1.34. The molecular weight excluding hydrogens is 1090 g/mol. The molecular formula is C68H54N6O12. The Balaban J connectivity index is 0.00000768. The fourth-order valence-electron chi connectivity index (χ4n) is 10.7. The maximum absolute atomic E-state index is 13.9. The highest BCUT2D eigenvalue weighted by molar-refractivity contribution is 5.99. The van der Waals surface area contributed by atoms with Crippen molar-refractivity contribution in [2.24, 2.45) is 7.05 Å². The van der Waals surface area contributed by atoms with Gasteiger partial charge in [0.1, 0.15) is 0 Å². The van der Waals surface area contributed by atoms with Crippen LogP contribution in [0.15, 0.2) is 208 Å². The van der Waals surface area contributed by atoms with Gasteiger partial charge in [-0.15, -0.1) is 0 Å². The minimum atomic E-state index is -0.647. The number of hydrogen-bond acceptors (Lipinski definition) is 12. The largest absolute Gasteiger partial charge is 0.449 e. The lowest BCUT2D eigenvalue weighted by Gasteiger charge is -2.09. The van der Waals surface area contributed by atoms with Crippen molar-refractivity contribution in [3.8, 4) is 17.1 Å². The minimum Gasteiger partial charge on any atom is -0.449 e. The van der Waals surface area contributed by atoms with Gasteiger partial charge in [0.15, 0.2) is 0 Å². The maximum Gasteiger partial charge on any atom is 0.411 e. The van der Waals surface area contributed by atoms with Crippen LogP contribution in [-0.4, -0.2) is 43.7 Å². The molecule has 0 saturated heterocycles. The average molecular weight is 1150 g/mol. The molecule has 0 aliphatic rings. The average Bonchev–Trinajstić information content (AvgIpc) is 1.64. The van der Waals surface area contributed by atoms with E-state index in [-0.39, 0.29) is 69.4 Å². The van der Waals surface area contributed by atoms with Crippen molar-refractivity contribution in [1.29, 1.82) is 0 Å². The maximum atomic E-state index is 13.9. The summed E-state index contributed by atoms with van der Waals surface area (Å²) in [5.74, 6) is 0. The van der Waals surface area contributed by atoms with Gasteiger partial charge in [-0.2, -0.15) is 0 Å². The number of carbonyl (C=O) groups is 2. The van der Waals surface area contributed by atoms with E-state index in [4.69, 9.17) is 9.47 Å². The number of aryl methyl sites for hydroxylation is 1. The molecule has 4 aromatic heterocycles. The van der Waals surface area contributed by atoms with Crippen molar-refractivity contribution in [3.05, 3.63) is 292 Å². The highest BCUT2D eigenvalue weighted by Gasteiger charge is 2.23. The Labute approximate surface area is 488 Å². The molecule has 0 bridgehead atoms. The van der Waals surface area contributed by atoms with E-state index >= 15 is 0 Å². The zero-order chi connectivity index (χ0) is 59.2. The molecule has 0 aliphatic heterocycles. The van der Waals surface area contributed by atoms with E-state index in [0.717, 1.165) is 52.5 Å². The summed E-state index contributed by atoms with van der Waals surface area (Å²) in [5.41, 5.74) is 4.18. The number of aromatic nitrogens is 4. The van der Waals surface area contributed by atoms with Crippen molar-refractivity contribution in [3.63, 3.8) is 0 Å². The predicted molar refractivity (Wildman–Crippen MR) is 333 cm³/mol. The number of unbranched alkanes of at least 4 members (excludes halogenated alkanes) is 1. The van der Waals surface area contributed by atoms with Crippen molar-refractivity contribution >= 4 is 66.7 Å². The molecule has 4 heterocycles. The SMILES string of the molecule is C.Cc1ccc(Cc2ccc(NC(=O)OCCCCOC(=O)Nc3ccc(Cc4ccc(-n5c(=O)c6cc7c(=O)n(-c8ccc(Cc9ccc(-n%10c(=O)c%11cc%12c(=O)n(C)c(=O)c%12cc%11c%10=O)cc9)cc8)c(=O)c7cc6c5=O)cc4)cc3)cc2)cc1. The highest BCUT2D eigenvalue weighted by Crippen LogP contribution is 2.23. The number of benzene rings is 8. The first-order valence-electron chi connectivity index (χ1n) is 27.3. The van der Waals surface area contributed by atoms with Gasteiger partial charge in [0, 0.05) is 18.4 Å². The Morgan fingerprint density at radius 2 is 0.581 bits per heavy atom.